The lowest BCUT2D eigenvalue weighted by Crippen LogP contribution is -2.39. The molecule has 6 heteroatoms. The fourth-order valence-electron chi connectivity index (χ4n) is 2.85. The maximum atomic E-state index is 11.9. The lowest BCUT2D eigenvalue weighted by Gasteiger charge is -2.35. The second-order valence-corrected chi connectivity index (χ2v) is 5.37. The topological polar surface area (TPSA) is 80.6 Å². The van der Waals surface area contributed by atoms with Crippen LogP contribution in [0.1, 0.15) is 20.3 Å². The molecule has 3 atom stereocenters. The molecule has 1 aliphatic carbocycles. The number of nitrogens with one attached hydrogen (secondary N) is 1. The van der Waals surface area contributed by atoms with E-state index in [9.17, 15) is 4.79 Å². The van der Waals surface area contributed by atoms with E-state index in [0.29, 0.717) is 12.1 Å². The van der Waals surface area contributed by atoms with E-state index in [-0.39, 0.29) is 23.9 Å². The zero-order valence-electron chi connectivity index (χ0n) is 12.5. The maximum Gasteiger partial charge on any atom is 0.337 e. The highest BCUT2D eigenvalue weighted by Gasteiger charge is 2.44. The molecule has 1 heterocycles. The van der Waals surface area contributed by atoms with Gasteiger partial charge in [-0.25, -0.2) is 4.79 Å². The second-order valence-electron chi connectivity index (χ2n) is 5.37. The van der Waals surface area contributed by atoms with E-state index < -0.39 is 6.29 Å². The molecule has 0 spiro atoms. The number of nitrogens with zero attached hydrogens (tertiary/aromatic N) is 1. The van der Waals surface area contributed by atoms with Crippen molar-refractivity contribution < 1.29 is 19.0 Å². The molecule has 2 rings (SSSR count). The number of esters is 1. The largest absolute Gasteiger partial charge is 0.471 e. The number of fused-ring (bicyclic) bond motifs is 1. The second kappa shape index (κ2) is 6.64. The molecule has 114 valence electrons. The van der Waals surface area contributed by atoms with Crippen molar-refractivity contribution in [1.29, 1.82) is 5.26 Å². The van der Waals surface area contributed by atoms with Gasteiger partial charge in [-0.1, -0.05) is 6.08 Å². The van der Waals surface area contributed by atoms with Gasteiger partial charge in [0, 0.05) is 12.5 Å². The van der Waals surface area contributed by atoms with Crippen molar-refractivity contribution in [2.45, 2.75) is 32.7 Å². The Morgan fingerprint density at radius 2 is 2.38 bits per heavy atom. The number of carbonyl (C=O) groups is 1. The summed E-state index contributed by atoms with van der Waals surface area (Å²) in [6.45, 7) is 4.31. The smallest absolute Gasteiger partial charge is 0.337 e. The third-order valence-electron chi connectivity index (χ3n) is 3.72. The molecule has 0 bridgehead atoms. The van der Waals surface area contributed by atoms with Crippen LogP contribution in [0.5, 0.6) is 0 Å². The predicted molar refractivity (Wildman–Crippen MR) is 74.5 cm³/mol. The Morgan fingerprint density at radius 3 is 3.00 bits per heavy atom. The van der Waals surface area contributed by atoms with Crippen LogP contribution in [0.25, 0.3) is 0 Å². The van der Waals surface area contributed by atoms with Crippen LogP contribution in [0.3, 0.4) is 0 Å². The average molecular weight is 292 g/mol. The lowest BCUT2D eigenvalue weighted by atomic mass is 9.83. The van der Waals surface area contributed by atoms with Gasteiger partial charge in [0.05, 0.1) is 31.0 Å². The maximum absolute atomic E-state index is 11.9. The Balaban J connectivity index is 2.23. The fourth-order valence-corrected chi connectivity index (χ4v) is 2.85. The third-order valence-corrected chi connectivity index (χ3v) is 3.72. The highest BCUT2D eigenvalue weighted by molar-refractivity contribution is 5.89. The summed E-state index contributed by atoms with van der Waals surface area (Å²) in [7, 11) is 1.36. The van der Waals surface area contributed by atoms with E-state index in [2.05, 4.69) is 5.32 Å². The van der Waals surface area contributed by atoms with Crippen molar-refractivity contribution in [2.75, 3.05) is 13.7 Å². The number of carbonyl (C=O) groups excluding carboxylic acids is 1. The number of methoxy groups -OCH3 is 1. The minimum absolute atomic E-state index is 0.00880. The monoisotopic (exact) mass is 292 g/mol. The zero-order valence-corrected chi connectivity index (χ0v) is 12.5. The normalized spacial score (nSPS) is 27.1. The molecule has 0 aromatic carbocycles. The van der Waals surface area contributed by atoms with Crippen molar-refractivity contribution in [1.82, 2.24) is 5.32 Å². The summed E-state index contributed by atoms with van der Waals surface area (Å²) in [6.07, 6.45) is 5.69. The zero-order chi connectivity index (χ0) is 15.4. The van der Waals surface area contributed by atoms with Gasteiger partial charge in [-0.2, -0.15) is 5.26 Å². The SMILES string of the molecule is COC(=O)C1=COC(OC(C)C)C2C(CNC#N)=CCC12. The molecule has 0 fully saturated rings. The fraction of sp³-hybridized carbons (Fsp3) is 0.600. The van der Waals surface area contributed by atoms with Crippen molar-refractivity contribution in [2.24, 2.45) is 11.8 Å². The Bertz CT molecular complexity index is 504. The summed E-state index contributed by atoms with van der Waals surface area (Å²) in [5.41, 5.74) is 1.55. The predicted octanol–water partition coefficient (Wildman–Crippen LogP) is 1.46. The van der Waals surface area contributed by atoms with Crippen LogP contribution in [-0.2, 0) is 19.0 Å². The van der Waals surface area contributed by atoms with Gasteiger partial charge in [-0.3, -0.25) is 0 Å². The number of hydrogen-bond acceptors (Lipinski definition) is 6. The number of rotatable bonds is 5. The lowest BCUT2D eigenvalue weighted by molar-refractivity contribution is -0.171. The molecule has 1 N–H and O–H groups in total. The number of allylic oxidation sites excluding steroid dienone is 1. The number of hydrogen-bond donors (Lipinski definition) is 1. The summed E-state index contributed by atoms with van der Waals surface area (Å²) >= 11 is 0. The highest BCUT2D eigenvalue weighted by atomic mass is 16.7. The first-order valence-electron chi connectivity index (χ1n) is 6.98. The third kappa shape index (κ3) is 3.19. The van der Waals surface area contributed by atoms with Crippen LogP contribution >= 0.6 is 0 Å². The Hall–Kier alpha value is -2.00. The van der Waals surface area contributed by atoms with Crippen LogP contribution < -0.4 is 5.32 Å². The highest BCUT2D eigenvalue weighted by Crippen LogP contribution is 2.43. The van der Waals surface area contributed by atoms with Crippen molar-refractivity contribution >= 4 is 5.97 Å². The molecule has 1 aliphatic heterocycles. The number of ether oxygens (including phenoxy) is 3. The molecule has 3 unspecified atom stereocenters. The Labute approximate surface area is 124 Å². The molecule has 0 saturated heterocycles. The van der Waals surface area contributed by atoms with Crippen LogP contribution in [0.15, 0.2) is 23.5 Å². The van der Waals surface area contributed by atoms with E-state index in [4.69, 9.17) is 19.5 Å². The minimum atomic E-state index is -0.447. The van der Waals surface area contributed by atoms with Crippen LogP contribution in [0, 0.1) is 23.3 Å². The first-order valence-corrected chi connectivity index (χ1v) is 6.98. The first-order chi connectivity index (χ1) is 10.1. The summed E-state index contributed by atoms with van der Waals surface area (Å²) < 4.78 is 16.2. The van der Waals surface area contributed by atoms with Crippen molar-refractivity contribution in [3.63, 3.8) is 0 Å². The minimum Gasteiger partial charge on any atom is -0.471 e. The molecule has 0 amide bonds. The van der Waals surface area contributed by atoms with E-state index >= 15 is 0 Å². The summed E-state index contributed by atoms with van der Waals surface area (Å²) in [5, 5.41) is 11.3. The summed E-state index contributed by atoms with van der Waals surface area (Å²) in [4.78, 5) is 11.9. The van der Waals surface area contributed by atoms with Gasteiger partial charge in [0.2, 0.25) is 6.29 Å². The van der Waals surface area contributed by atoms with E-state index in [0.717, 1.165) is 12.0 Å². The molecular weight excluding hydrogens is 272 g/mol. The summed E-state index contributed by atoms with van der Waals surface area (Å²) in [6, 6.07) is 0. The van der Waals surface area contributed by atoms with Gasteiger partial charge in [-0.15, -0.1) is 0 Å². The Morgan fingerprint density at radius 1 is 1.62 bits per heavy atom. The molecule has 0 aromatic heterocycles. The summed E-state index contributed by atoms with van der Waals surface area (Å²) in [5.74, 6) is -0.478. The van der Waals surface area contributed by atoms with E-state index in [1.54, 1.807) is 0 Å². The van der Waals surface area contributed by atoms with E-state index in [1.165, 1.54) is 13.4 Å². The van der Waals surface area contributed by atoms with Crippen molar-refractivity contribution in [3.8, 4) is 6.19 Å². The van der Waals surface area contributed by atoms with Gasteiger partial charge >= 0.3 is 5.97 Å². The molecule has 2 aliphatic rings. The van der Waals surface area contributed by atoms with Gasteiger partial charge < -0.3 is 19.5 Å². The van der Waals surface area contributed by atoms with Gasteiger partial charge in [0.25, 0.3) is 0 Å². The van der Waals surface area contributed by atoms with Gasteiger partial charge in [-0.05, 0) is 25.8 Å². The van der Waals surface area contributed by atoms with Gasteiger partial charge in [0.15, 0.2) is 6.19 Å². The molecule has 0 radical (unpaired) electrons. The quantitative estimate of drug-likeness (QED) is 0.357. The van der Waals surface area contributed by atoms with Crippen LogP contribution in [0.4, 0.5) is 0 Å². The van der Waals surface area contributed by atoms with E-state index in [1.807, 2.05) is 26.1 Å². The standard InChI is InChI=1S/C15H20N2O4/c1-9(2)21-15-13-10(6-17-8-16)4-5-11(13)12(7-20-15)14(18)19-3/h4,7,9,11,13,15,17H,5-6H2,1-3H3. The molecule has 0 saturated carbocycles. The number of nitriles is 1. The van der Waals surface area contributed by atoms with Crippen LogP contribution in [0.2, 0.25) is 0 Å². The Kier molecular flexibility index (Phi) is 4.86. The molecule has 21 heavy (non-hydrogen) atoms. The average Bonchev–Trinajstić information content (AvgIpc) is 2.88. The van der Waals surface area contributed by atoms with Gasteiger partial charge in [0.1, 0.15) is 0 Å². The molecule has 0 aromatic rings. The first kappa shape index (κ1) is 15.4. The molecule has 6 nitrogen and oxygen atoms in total. The van der Waals surface area contributed by atoms with Crippen LogP contribution in [-0.4, -0.2) is 32.0 Å². The van der Waals surface area contributed by atoms with Crippen molar-refractivity contribution in [3.05, 3.63) is 23.5 Å². The molecular formula is C15H20N2O4.